The van der Waals surface area contributed by atoms with E-state index in [1.165, 1.54) is 0 Å². The molecule has 0 saturated heterocycles. The van der Waals surface area contributed by atoms with Crippen molar-refractivity contribution in [2.75, 3.05) is 0 Å². The summed E-state index contributed by atoms with van der Waals surface area (Å²) in [6.45, 7) is 0. The van der Waals surface area contributed by atoms with Crippen LogP contribution >= 0.6 is 0 Å². The molecule has 0 aliphatic carbocycles. The van der Waals surface area contributed by atoms with Gasteiger partial charge in [-0.3, -0.25) is 0 Å². The Bertz CT molecular complexity index is 2810. The number of halogens is 1. The normalized spacial score (nSPS) is 10.7. The van der Waals surface area contributed by atoms with Crippen LogP contribution in [-0.2, 0) is 0 Å². The van der Waals surface area contributed by atoms with Crippen LogP contribution in [0.15, 0.2) is 146 Å². The summed E-state index contributed by atoms with van der Waals surface area (Å²) in [4.78, 5) is 0. The largest absolute Gasteiger partial charge is 0.307 e. The second-order valence-electron chi connectivity index (χ2n) is 12.2. The molecule has 0 spiro atoms. The molecule has 0 bridgehead atoms. The molecular formula is C46H24FN5. The molecular weight excluding hydrogens is 642 g/mol. The van der Waals surface area contributed by atoms with Crippen LogP contribution in [-0.4, -0.2) is 4.57 Å². The van der Waals surface area contributed by atoms with E-state index in [1.54, 1.807) is 4.57 Å². The number of aromatic nitrogens is 1. The van der Waals surface area contributed by atoms with E-state index < -0.39 is 16.9 Å². The highest BCUT2D eigenvalue weighted by atomic mass is 19.1. The van der Waals surface area contributed by atoms with Gasteiger partial charge in [0, 0.05) is 10.8 Å². The summed E-state index contributed by atoms with van der Waals surface area (Å²) in [5, 5.41) is 46.9. The molecule has 1 heterocycles. The Kier molecular flexibility index (Phi) is 7.83. The monoisotopic (exact) mass is 665 g/mol. The third-order valence-electron chi connectivity index (χ3n) is 9.50. The molecule has 8 rings (SSSR count). The van der Waals surface area contributed by atoms with Crippen LogP contribution in [0.25, 0.3) is 71.3 Å². The zero-order valence-corrected chi connectivity index (χ0v) is 27.5. The molecule has 0 amide bonds. The second-order valence-corrected chi connectivity index (χ2v) is 12.2. The Labute approximate surface area is 298 Å². The lowest BCUT2D eigenvalue weighted by atomic mass is 9.95. The van der Waals surface area contributed by atoms with Gasteiger partial charge < -0.3 is 4.57 Å². The second kappa shape index (κ2) is 12.9. The smallest absolute Gasteiger partial charge is 0.161 e. The van der Waals surface area contributed by atoms with Crippen molar-refractivity contribution in [3.8, 4) is 52.2 Å². The number of nitriles is 4. The molecule has 7 aromatic carbocycles. The molecule has 0 atom stereocenters. The molecule has 0 radical (unpaired) electrons. The van der Waals surface area contributed by atoms with Gasteiger partial charge in [-0.2, -0.15) is 21.0 Å². The summed E-state index contributed by atoms with van der Waals surface area (Å²) in [6.07, 6.45) is 0. The molecule has 0 N–H and O–H groups in total. The topological polar surface area (TPSA) is 100 Å². The van der Waals surface area contributed by atoms with Crippen molar-refractivity contribution in [1.82, 2.24) is 4.57 Å². The highest BCUT2D eigenvalue weighted by molar-refractivity contribution is 6.20. The van der Waals surface area contributed by atoms with E-state index in [9.17, 15) is 21.0 Å². The van der Waals surface area contributed by atoms with Gasteiger partial charge in [-0.1, -0.05) is 121 Å². The SMILES string of the molecule is N#Cc1c(F)c(C#N)c(C#N)c(-n2c3ccc(-c4ccccc4)cc3c3ccccc3c3ccccc3c3cc(-c4ccccc4)ccc32)c1C#N. The van der Waals surface area contributed by atoms with Gasteiger partial charge in [0.25, 0.3) is 0 Å². The van der Waals surface area contributed by atoms with Crippen molar-refractivity contribution < 1.29 is 4.39 Å². The number of nitrogens with zero attached hydrogens (tertiary/aromatic N) is 5. The number of benzene rings is 7. The third kappa shape index (κ3) is 4.97. The standard InChI is InChI=1S/C46H24FN5/c47-45-39(25-48)41(27-50)46(42(28-51)40(45)26-49)52-43-21-19-31(29-11-3-1-4-12-29)23-37(43)35-17-9-7-15-33(35)34-16-8-10-18-36(34)38-24-32(20-22-44(38)52)30-13-5-2-6-14-30/h1-24H. The first-order chi connectivity index (χ1) is 25.6. The number of hydrogen-bond acceptors (Lipinski definition) is 4. The van der Waals surface area contributed by atoms with Crippen molar-refractivity contribution in [2.45, 2.75) is 0 Å². The summed E-state index contributed by atoms with van der Waals surface area (Å²) >= 11 is 0. The molecule has 240 valence electrons. The van der Waals surface area contributed by atoms with Crippen LogP contribution in [0, 0.1) is 51.1 Å². The van der Waals surface area contributed by atoms with Gasteiger partial charge >= 0.3 is 0 Å². The summed E-state index contributed by atoms with van der Waals surface area (Å²) in [6, 6.07) is 55.6. The summed E-state index contributed by atoms with van der Waals surface area (Å²) in [5.41, 5.74) is 3.04. The average Bonchev–Trinajstić information content (AvgIpc) is 3.25. The summed E-state index contributed by atoms with van der Waals surface area (Å²) < 4.78 is 17.6. The zero-order valence-electron chi connectivity index (χ0n) is 27.5. The number of rotatable bonds is 3. The number of fused-ring (bicyclic) bond motifs is 7. The van der Waals surface area contributed by atoms with E-state index in [1.807, 2.05) is 146 Å². The molecule has 0 fully saturated rings. The fourth-order valence-corrected chi connectivity index (χ4v) is 7.15. The Balaban J connectivity index is 1.76. The Morgan fingerprint density at radius 1 is 0.365 bits per heavy atom. The van der Waals surface area contributed by atoms with Gasteiger partial charge in [0.1, 0.15) is 35.4 Å². The Morgan fingerprint density at radius 2 is 0.712 bits per heavy atom. The van der Waals surface area contributed by atoms with E-state index >= 15 is 4.39 Å². The van der Waals surface area contributed by atoms with Crippen LogP contribution in [0.1, 0.15) is 22.3 Å². The lowest BCUT2D eigenvalue weighted by Crippen LogP contribution is -2.10. The van der Waals surface area contributed by atoms with Crippen molar-refractivity contribution in [3.63, 3.8) is 0 Å². The average molecular weight is 666 g/mol. The Hall–Kier alpha value is -7.77. The first kappa shape index (κ1) is 31.5. The first-order valence-corrected chi connectivity index (χ1v) is 16.5. The van der Waals surface area contributed by atoms with E-state index in [0.717, 1.165) is 54.6 Å². The van der Waals surface area contributed by atoms with Gasteiger partial charge in [-0.15, -0.1) is 0 Å². The van der Waals surface area contributed by atoms with Crippen molar-refractivity contribution in [3.05, 3.63) is 174 Å². The molecule has 1 aromatic heterocycles. The summed E-state index contributed by atoms with van der Waals surface area (Å²) in [7, 11) is 0. The quantitative estimate of drug-likeness (QED) is 0.187. The van der Waals surface area contributed by atoms with Gasteiger partial charge in [-0.05, 0) is 68.1 Å². The lowest BCUT2D eigenvalue weighted by molar-refractivity contribution is 0.618. The Morgan fingerprint density at radius 3 is 1.08 bits per heavy atom. The molecule has 8 aromatic rings. The first-order valence-electron chi connectivity index (χ1n) is 16.5. The molecule has 5 nitrogen and oxygen atoms in total. The molecule has 0 unspecified atom stereocenters. The van der Waals surface area contributed by atoms with Gasteiger partial charge in [0.2, 0.25) is 0 Å². The predicted octanol–water partition coefficient (Wildman–Crippen LogP) is 11.2. The summed E-state index contributed by atoms with van der Waals surface area (Å²) in [5.74, 6) is -1.19. The maximum Gasteiger partial charge on any atom is 0.161 e. The maximum atomic E-state index is 15.8. The molecule has 0 aliphatic rings. The molecule has 52 heavy (non-hydrogen) atoms. The fourth-order valence-electron chi connectivity index (χ4n) is 7.15. The van der Waals surface area contributed by atoms with Crippen LogP contribution in [0.4, 0.5) is 4.39 Å². The minimum atomic E-state index is -1.19. The maximum absolute atomic E-state index is 15.8. The van der Waals surface area contributed by atoms with Crippen LogP contribution in [0.5, 0.6) is 0 Å². The molecule has 6 heteroatoms. The van der Waals surface area contributed by atoms with Gasteiger partial charge in [-0.25, -0.2) is 4.39 Å². The minimum Gasteiger partial charge on any atom is -0.307 e. The van der Waals surface area contributed by atoms with Crippen LogP contribution in [0.3, 0.4) is 0 Å². The predicted molar refractivity (Wildman–Crippen MR) is 203 cm³/mol. The van der Waals surface area contributed by atoms with E-state index in [4.69, 9.17) is 0 Å². The zero-order chi connectivity index (χ0) is 35.8. The van der Waals surface area contributed by atoms with Crippen molar-refractivity contribution in [1.29, 1.82) is 21.0 Å². The molecule has 0 saturated carbocycles. The van der Waals surface area contributed by atoms with E-state index in [0.29, 0.717) is 11.0 Å². The lowest BCUT2D eigenvalue weighted by Gasteiger charge is -2.19. The van der Waals surface area contributed by atoms with Gasteiger partial charge in [0.15, 0.2) is 5.82 Å². The minimum absolute atomic E-state index is 0.0428. The van der Waals surface area contributed by atoms with Crippen molar-refractivity contribution in [2.24, 2.45) is 0 Å². The fraction of sp³-hybridized carbons (Fsp3) is 0. The highest BCUT2D eigenvalue weighted by Crippen LogP contribution is 2.39. The van der Waals surface area contributed by atoms with E-state index in [-0.39, 0.29) is 16.8 Å². The van der Waals surface area contributed by atoms with E-state index in [2.05, 4.69) is 24.3 Å². The molecule has 0 aliphatic heterocycles. The number of hydrogen-bond donors (Lipinski definition) is 0. The highest BCUT2D eigenvalue weighted by Gasteiger charge is 2.27. The van der Waals surface area contributed by atoms with Crippen LogP contribution < -0.4 is 0 Å². The third-order valence-corrected chi connectivity index (χ3v) is 9.50. The van der Waals surface area contributed by atoms with Crippen LogP contribution in [0.2, 0.25) is 0 Å². The van der Waals surface area contributed by atoms with Gasteiger partial charge in [0.05, 0.1) is 27.8 Å². The van der Waals surface area contributed by atoms with Crippen molar-refractivity contribution >= 4 is 43.4 Å².